The Morgan fingerprint density at radius 2 is 1.21 bits per heavy atom. The van der Waals surface area contributed by atoms with Crippen LogP contribution in [0.25, 0.3) is 0 Å². The van der Waals surface area contributed by atoms with E-state index in [9.17, 15) is 0 Å². The number of nitrogens with zero attached hydrogens (tertiary/aromatic N) is 1. The van der Waals surface area contributed by atoms with Gasteiger partial charge in [-0.25, -0.2) is 0 Å². The van der Waals surface area contributed by atoms with Gasteiger partial charge in [0, 0.05) is 5.69 Å². The van der Waals surface area contributed by atoms with E-state index >= 15 is 0 Å². The van der Waals surface area contributed by atoms with E-state index in [1.165, 1.54) is 121 Å². The van der Waals surface area contributed by atoms with Gasteiger partial charge < -0.3 is 4.74 Å². The molecule has 0 amide bonds. The van der Waals surface area contributed by atoms with E-state index in [0.717, 1.165) is 48.9 Å². The van der Waals surface area contributed by atoms with Crippen molar-refractivity contribution in [3.8, 4) is 5.75 Å². The Hall–Kier alpha value is -1.05. The number of unbranched alkanes of at least 4 members (excludes halogenated alkanes) is 5. The van der Waals surface area contributed by atoms with Crippen molar-refractivity contribution in [3.63, 3.8) is 0 Å². The zero-order valence-corrected chi connectivity index (χ0v) is 22.7. The van der Waals surface area contributed by atoms with Gasteiger partial charge in [0.2, 0.25) is 0 Å². The average Bonchev–Trinajstić information content (AvgIpc) is 2.89. The van der Waals surface area contributed by atoms with Gasteiger partial charge in [-0.2, -0.15) is 0 Å². The number of aryl methyl sites for hydroxylation is 1. The van der Waals surface area contributed by atoms with E-state index in [0.29, 0.717) is 0 Å². The molecule has 2 aliphatic rings. The van der Waals surface area contributed by atoms with Gasteiger partial charge in [-0.15, -0.1) is 0 Å². The molecule has 0 bridgehead atoms. The molecule has 0 atom stereocenters. The molecule has 3 rings (SSSR count). The maximum atomic E-state index is 5.87. The minimum atomic E-state index is 0.828. The van der Waals surface area contributed by atoms with E-state index < -0.39 is 0 Å². The van der Waals surface area contributed by atoms with Crippen molar-refractivity contribution >= 4 is 0 Å². The number of rotatable bonds is 16. The topological polar surface area (TPSA) is 22.1 Å². The molecule has 2 aliphatic carbocycles. The highest BCUT2D eigenvalue weighted by Crippen LogP contribution is 2.38. The number of ether oxygens (including phenoxy) is 1. The molecule has 34 heavy (non-hydrogen) atoms. The summed E-state index contributed by atoms with van der Waals surface area (Å²) in [5.74, 6) is 4.99. The van der Waals surface area contributed by atoms with Crippen LogP contribution < -0.4 is 4.74 Å². The Kier molecular flexibility index (Phi) is 13.4. The molecular weight excluding hydrogens is 414 g/mol. The lowest BCUT2D eigenvalue weighted by atomic mass is 9.74. The molecule has 2 saturated carbocycles. The fourth-order valence-electron chi connectivity index (χ4n) is 6.47. The summed E-state index contributed by atoms with van der Waals surface area (Å²) in [4.78, 5) is 4.68. The van der Waals surface area contributed by atoms with Crippen LogP contribution in [0.15, 0.2) is 18.3 Å². The van der Waals surface area contributed by atoms with Crippen LogP contribution in [0.1, 0.15) is 142 Å². The summed E-state index contributed by atoms with van der Waals surface area (Å²) in [5, 5.41) is 0. The maximum Gasteiger partial charge on any atom is 0.137 e. The Balaban J connectivity index is 1.22. The lowest BCUT2D eigenvalue weighted by Crippen LogP contribution is -2.18. The van der Waals surface area contributed by atoms with Crippen LogP contribution in [-0.4, -0.2) is 11.6 Å². The molecule has 1 heterocycles. The normalized spacial score (nSPS) is 25.4. The molecule has 0 N–H and O–H groups in total. The zero-order chi connectivity index (χ0) is 23.8. The zero-order valence-electron chi connectivity index (χ0n) is 22.7. The third kappa shape index (κ3) is 10.7. The van der Waals surface area contributed by atoms with Crippen LogP contribution in [0.2, 0.25) is 0 Å². The number of aromatic nitrogens is 1. The first-order chi connectivity index (χ1) is 16.8. The second kappa shape index (κ2) is 16.6. The van der Waals surface area contributed by atoms with Crippen LogP contribution in [0.3, 0.4) is 0 Å². The van der Waals surface area contributed by atoms with E-state index in [1.807, 2.05) is 6.20 Å². The monoisotopic (exact) mass is 469 g/mol. The molecule has 2 nitrogen and oxygen atoms in total. The van der Waals surface area contributed by atoms with Crippen LogP contribution in [0.4, 0.5) is 0 Å². The summed E-state index contributed by atoms with van der Waals surface area (Å²) in [6, 6.07) is 4.32. The molecule has 194 valence electrons. The summed E-state index contributed by atoms with van der Waals surface area (Å²) in [6.07, 6.45) is 30.1. The lowest BCUT2D eigenvalue weighted by molar-refractivity contribution is 0.208. The predicted octanol–water partition coefficient (Wildman–Crippen LogP) is 9.95. The smallest absolute Gasteiger partial charge is 0.137 e. The Morgan fingerprint density at radius 3 is 1.76 bits per heavy atom. The molecule has 0 aliphatic heterocycles. The average molecular weight is 470 g/mol. The number of hydrogen-bond acceptors (Lipinski definition) is 2. The van der Waals surface area contributed by atoms with Gasteiger partial charge in [0.05, 0.1) is 12.8 Å². The van der Waals surface area contributed by atoms with Crippen molar-refractivity contribution in [2.24, 2.45) is 23.7 Å². The quantitative estimate of drug-likeness (QED) is 0.225. The van der Waals surface area contributed by atoms with E-state index in [4.69, 9.17) is 4.74 Å². The minimum Gasteiger partial charge on any atom is -0.492 e. The molecule has 2 heteroatoms. The first kappa shape index (κ1) is 27.5. The second-order valence-electron chi connectivity index (χ2n) is 11.8. The standard InChI is InChI=1S/C32H55NO/c1-3-5-7-8-9-25-34-32-24-23-31(33-26-32)22-21-30-19-17-29(18-20-30)16-15-28-13-11-27(12-14-28)10-6-4-2/h23-24,26-30H,3-22,25H2,1-2H3. The molecule has 0 spiro atoms. The molecule has 0 unspecified atom stereocenters. The van der Waals surface area contributed by atoms with Gasteiger partial charge in [0.25, 0.3) is 0 Å². The summed E-state index contributed by atoms with van der Waals surface area (Å²) in [6.45, 7) is 5.42. The fourth-order valence-corrected chi connectivity index (χ4v) is 6.47. The molecule has 0 saturated heterocycles. The summed E-state index contributed by atoms with van der Waals surface area (Å²) >= 11 is 0. The van der Waals surface area contributed by atoms with Crippen LogP contribution in [0, 0.1) is 23.7 Å². The molecule has 2 fully saturated rings. The Bertz CT molecular complexity index is 610. The summed E-state index contributed by atoms with van der Waals surface area (Å²) in [5.41, 5.74) is 1.24. The van der Waals surface area contributed by atoms with Gasteiger partial charge in [0.1, 0.15) is 5.75 Å². The van der Waals surface area contributed by atoms with Crippen molar-refractivity contribution in [1.82, 2.24) is 4.98 Å². The van der Waals surface area contributed by atoms with E-state index in [2.05, 4.69) is 31.0 Å². The molecule has 0 radical (unpaired) electrons. The van der Waals surface area contributed by atoms with Crippen molar-refractivity contribution in [1.29, 1.82) is 0 Å². The maximum absolute atomic E-state index is 5.87. The highest BCUT2D eigenvalue weighted by molar-refractivity contribution is 5.19. The van der Waals surface area contributed by atoms with Crippen LogP contribution >= 0.6 is 0 Å². The van der Waals surface area contributed by atoms with Gasteiger partial charge in [-0.1, -0.05) is 123 Å². The highest BCUT2D eigenvalue weighted by atomic mass is 16.5. The Labute approximate surface area is 212 Å². The summed E-state index contributed by atoms with van der Waals surface area (Å²) < 4.78 is 5.87. The second-order valence-corrected chi connectivity index (χ2v) is 11.8. The third-order valence-electron chi connectivity index (χ3n) is 9.00. The predicted molar refractivity (Wildman–Crippen MR) is 146 cm³/mol. The van der Waals surface area contributed by atoms with Gasteiger partial charge >= 0.3 is 0 Å². The van der Waals surface area contributed by atoms with Crippen LogP contribution in [0.5, 0.6) is 5.75 Å². The molecular formula is C32H55NO. The van der Waals surface area contributed by atoms with Crippen molar-refractivity contribution in [2.75, 3.05) is 6.61 Å². The fraction of sp³-hybridized carbons (Fsp3) is 0.844. The summed E-state index contributed by atoms with van der Waals surface area (Å²) in [7, 11) is 0. The Morgan fingerprint density at radius 1 is 0.647 bits per heavy atom. The third-order valence-corrected chi connectivity index (χ3v) is 9.00. The first-order valence-corrected chi connectivity index (χ1v) is 15.3. The van der Waals surface area contributed by atoms with Crippen molar-refractivity contribution < 1.29 is 4.74 Å². The highest BCUT2D eigenvalue weighted by Gasteiger charge is 2.24. The van der Waals surface area contributed by atoms with Crippen molar-refractivity contribution in [2.45, 2.75) is 142 Å². The lowest BCUT2D eigenvalue weighted by Gasteiger charge is -2.32. The largest absolute Gasteiger partial charge is 0.492 e. The molecule has 0 aromatic carbocycles. The van der Waals surface area contributed by atoms with Gasteiger partial charge in [-0.3, -0.25) is 4.98 Å². The number of hydrogen-bond donors (Lipinski definition) is 0. The molecule has 1 aromatic rings. The van der Waals surface area contributed by atoms with Gasteiger partial charge in [0.15, 0.2) is 0 Å². The van der Waals surface area contributed by atoms with Crippen LogP contribution in [-0.2, 0) is 6.42 Å². The SMILES string of the molecule is CCCCCCCOc1ccc(CCC2CCC(CCC3CCC(CCCC)CC3)CC2)nc1. The number of pyridine rings is 1. The van der Waals surface area contributed by atoms with Gasteiger partial charge in [-0.05, 0) is 55.1 Å². The van der Waals surface area contributed by atoms with Crippen molar-refractivity contribution in [3.05, 3.63) is 24.0 Å². The first-order valence-electron chi connectivity index (χ1n) is 15.3. The molecule has 1 aromatic heterocycles. The van der Waals surface area contributed by atoms with E-state index in [1.54, 1.807) is 0 Å². The van der Waals surface area contributed by atoms with E-state index in [-0.39, 0.29) is 0 Å². The minimum absolute atomic E-state index is 0.828.